The van der Waals surface area contributed by atoms with Gasteiger partial charge in [-0.15, -0.1) is 0 Å². The summed E-state index contributed by atoms with van der Waals surface area (Å²) in [5.41, 5.74) is 8.53. The van der Waals surface area contributed by atoms with Crippen LogP contribution in [0.1, 0.15) is 18.4 Å². The van der Waals surface area contributed by atoms with Gasteiger partial charge in [-0.2, -0.15) is 5.10 Å². The third kappa shape index (κ3) is 1.91. The zero-order chi connectivity index (χ0) is 11.9. The molecule has 0 spiro atoms. The first-order valence-corrected chi connectivity index (χ1v) is 6.54. The maximum absolute atomic E-state index is 5.83. The molecular formula is C13H14BrN3. The summed E-state index contributed by atoms with van der Waals surface area (Å²) in [6, 6.07) is 8.55. The minimum Gasteiger partial charge on any atom is -0.330 e. The zero-order valence-electron chi connectivity index (χ0n) is 9.44. The number of nitrogens with zero attached hydrogens (tertiary/aromatic N) is 2. The van der Waals surface area contributed by atoms with Gasteiger partial charge in [-0.3, -0.25) is 0 Å². The fourth-order valence-corrected chi connectivity index (χ4v) is 2.46. The highest BCUT2D eigenvalue weighted by molar-refractivity contribution is 9.10. The number of aromatic nitrogens is 2. The van der Waals surface area contributed by atoms with Gasteiger partial charge in [-0.05, 0) is 46.5 Å². The fourth-order valence-electron chi connectivity index (χ4n) is 2.17. The van der Waals surface area contributed by atoms with Crippen LogP contribution in [0.25, 0.3) is 5.69 Å². The third-order valence-corrected chi connectivity index (χ3v) is 3.95. The lowest BCUT2D eigenvalue weighted by Gasteiger charge is -2.13. The Hall–Kier alpha value is -1.13. The molecular weight excluding hydrogens is 278 g/mol. The first-order valence-electron chi connectivity index (χ1n) is 5.75. The van der Waals surface area contributed by atoms with E-state index in [2.05, 4.69) is 45.3 Å². The molecule has 1 aliphatic rings. The van der Waals surface area contributed by atoms with E-state index in [1.807, 2.05) is 10.9 Å². The predicted molar refractivity (Wildman–Crippen MR) is 71.2 cm³/mol. The molecule has 0 saturated heterocycles. The van der Waals surface area contributed by atoms with E-state index < -0.39 is 0 Å². The molecule has 88 valence electrons. The molecule has 0 amide bonds. The van der Waals surface area contributed by atoms with Crippen LogP contribution in [0.2, 0.25) is 0 Å². The Morgan fingerprint density at radius 2 is 2.00 bits per heavy atom. The Morgan fingerprint density at radius 1 is 1.29 bits per heavy atom. The minimum absolute atomic E-state index is 0.267. The third-order valence-electron chi connectivity index (χ3n) is 3.54. The lowest BCUT2D eigenvalue weighted by molar-refractivity contribution is 0.704. The van der Waals surface area contributed by atoms with Crippen LogP contribution < -0.4 is 5.73 Å². The largest absolute Gasteiger partial charge is 0.330 e. The SMILES string of the molecule is NCC1(c2ccc(-n3cc(Br)cn3)cc2)CC1. The average molecular weight is 292 g/mol. The van der Waals surface area contributed by atoms with Crippen molar-refractivity contribution >= 4 is 15.9 Å². The first-order chi connectivity index (χ1) is 8.23. The fraction of sp³-hybridized carbons (Fsp3) is 0.308. The van der Waals surface area contributed by atoms with E-state index in [9.17, 15) is 0 Å². The summed E-state index contributed by atoms with van der Waals surface area (Å²) >= 11 is 3.40. The van der Waals surface area contributed by atoms with Gasteiger partial charge in [0.25, 0.3) is 0 Å². The van der Waals surface area contributed by atoms with Crippen LogP contribution in [0.5, 0.6) is 0 Å². The van der Waals surface area contributed by atoms with Crippen molar-refractivity contribution in [2.75, 3.05) is 6.54 Å². The summed E-state index contributed by atoms with van der Waals surface area (Å²) in [6.07, 6.45) is 6.17. The first kappa shape index (κ1) is 11.0. The van der Waals surface area contributed by atoms with E-state index in [-0.39, 0.29) is 5.41 Å². The van der Waals surface area contributed by atoms with E-state index in [1.165, 1.54) is 18.4 Å². The lowest BCUT2D eigenvalue weighted by Crippen LogP contribution is -2.19. The number of benzene rings is 1. The maximum Gasteiger partial charge on any atom is 0.0646 e. The van der Waals surface area contributed by atoms with Gasteiger partial charge < -0.3 is 5.73 Å². The van der Waals surface area contributed by atoms with Crippen LogP contribution in [0, 0.1) is 0 Å². The molecule has 1 aromatic carbocycles. The van der Waals surface area contributed by atoms with Crippen molar-refractivity contribution in [2.24, 2.45) is 5.73 Å². The smallest absolute Gasteiger partial charge is 0.0646 e. The summed E-state index contributed by atoms with van der Waals surface area (Å²) in [5.74, 6) is 0. The highest BCUT2D eigenvalue weighted by Crippen LogP contribution is 2.47. The van der Waals surface area contributed by atoms with Crippen molar-refractivity contribution in [2.45, 2.75) is 18.3 Å². The number of rotatable bonds is 3. The predicted octanol–water partition coefficient (Wildman–Crippen LogP) is 2.63. The molecule has 2 N–H and O–H groups in total. The summed E-state index contributed by atoms with van der Waals surface area (Å²) < 4.78 is 2.85. The Bertz CT molecular complexity index is 526. The molecule has 1 fully saturated rings. The Balaban J connectivity index is 1.90. The van der Waals surface area contributed by atoms with Gasteiger partial charge in [0.05, 0.1) is 16.4 Å². The van der Waals surface area contributed by atoms with Crippen LogP contribution >= 0.6 is 15.9 Å². The van der Waals surface area contributed by atoms with Gasteiger partial charge in [-0.25, -0.2) is 4.68 Å². The van der Waals surface area contributed by atoms with E-state index in [4.69, 9.17) is 5.73 Å². The Labute approximate surface area is 109 Å². The van der Waals surface area contributed by atoms with Gasteiger partial charge in [0, 0.05) is 18.2 Å². The van der Waals surface area contributed by atoms with Crippen molar-refractivity contribution < 1.29 is 0 Å². The van der Waals surface area contributed by atoms with Crippen LogP contribution in [0.15, 0.2) is 41.1 Å². The summed E-state index contributed by atoms with van der Waals surface area (Å²) in [4.78, 5) is 0. The molecule has 4 heteroatoms. The molecule has 3 nitrogen and oxygen atoms in total. The normalized spacial score (nSPS) is 17.1. The van der Waals surface area contributed by atoms with Gasteiger partial charge in [-0.1, -0.05) is 12.1 Å². The van der Waals surface area contributed by atoms with E-state index in [1.54, 1.807) is 6.20 Å². The van der Waals surface area contributed by atoms with Crippen molar-refractivity contribution in [3.63, 3.8) is 0 Å². The highest BCUT2D eigenvalue weighted by atomic mass is 79.9. The van der Waals surface area contributed by atoms with Crippen molar-refractivity contribution in [1.29, 1.82) is 0 Å². The molecule has 0 atom stereocenters. The molecule has 1 heterocycles. The summed E-state index contributed by atoms with van der Waals surface area (Å²) in [5, 5.41) is 4.26. The quantitative estimate of drug-likeness (QED) is 0.945. The molecule has 3 rings (SSSR count). The van der Waals surface area contributed by atoms with Gasteiger partial charge in [0.1, 0.15) is 0 Å². The molecule has 17 heavy (non-hydrogen) atoms. The van der Waals surface area contributed by atoms with Gasteiger partial charge >= 0.3 is 0 Å². The van der Waals surface area contributed by atoms with Crippen LogP contribution in [0.3, 0.4) is 0 Å². The van der Waals surface area contributed by atoms with Gasteiger partial charge in [0.15, 0.2) is 0 Å². The molecule has 0 bridgehead atoms. The Kier molecular flexibility index (Phi) is 2.56. The molecule has 1 saturated carbocycles. The number of hydrogen-bond donors (Lipinski definition) is 1. The summed E-state index contributed by atoms with van der Waals surface area (Å²) in [7, 11) is 0. The molecule has 0 unspecified atom stereocenters. The molecule has 1 aromatic heterocycles. The average Bonchev–Trinajstić information content (AvgIpc) is 3.06. The van der Waals surface area contributed by atoms with Crippen LogP contribution in [-0.2, 0) is 5.41 Å². The topological polar surface area (TPSA) is 43.8 Å². The number of halogens is 1. The molecule has 0 radical (unpaired) electrons. The lowest BCUT2D eigenvalue weighted by atomic mass is 9.96. The van der Waals surface area contributed by atoms with Crippen LogP contribution in [0.4, 0.5) is 0 Å². The Morgan fingerprint density at radius 3 is 2.47 bits per heavy atom. The standard InChI is InChI=1S/C13H14BrN3/c14-11-7-16-17(8-11)12-3-1-10(2-4-12)13(9-15)5-6-13/h1-4,7-8H,5-6,9,15H2. The number of hydrogen-bond acceptors (Lipinski definition) is 2. The monoisotopic (exact) mass is 291 g/mol. The second kappa shape index (κ2) is 3.96. The molecule has 2 aromatic rings. The second-order valence-electron chi connectivity index (χ2n) is 4.63. The zero-order valence-corrected chi connectivity index (χ0v) is 11.0. The van der Waals surface area contributed by atoms with Gasteiger partial charge in [0.2, 0.25) is 0 Å². The summed E-state index contributed by atoms with van der Waals surface area (Å²) in [6.45, 7) is 0.750. The van der Waals surface area contributed by atoms with E-state index in [0.29, 0.717) is 0 Å². The van der Waals surface area contributed by atoms with Crippen LogP contribution in [-0.4, -0.2) is 16.3 Å². The van der Waals surface area contributed by atoms with Crippen molar-refractivity contribution in [3.05, 3.63) is 46.7 Å². The molecule has 1 aliphatic carbocycles. The minimum atomic E-state index is 0.267. The number of nitrogens with two attached hydrogens (primary N) is 1. The second-order valence-corrected chi connectivity index (χ2v) is 5.55. The van der Waals surface area contributed by atoms with E-state index >= 15 is 0 Å². The van der Waals surface area contributed by atoms with Crippen molar-refractivity contribution in [3.8, 4) is 5.69 Å². The molecule has 0 aliphatic heterocycles. The maximum atomic E-state index is 5.83. The highest BCUT2D eigenvalue weighted by Gasteiger charge is 2.42. The van der Waals surface area contributed by atoms with Crippen molar-refractivity contribution in [1.82, 2.24) is 9.78 Å². The van der Waals surface area contributed by atoms with E-state index in [0.717, 1.165) is 16.7 Å².